The topological polar surface area (TPSA) is 51.0 Å². The molecule has 1 saturated carbocycles. The summed E-state index contributed by atoms with van der Waals surface area (Å²) >= 11 is 6.00. The van der Waals surface area contributed by atoms with Crippen LogP contribution in [0.1, 0.15) is 38.0 Å². The number of hydrogen-bond donors (Lipinski definition) is 1. The van der Waals surface area contributed by atoms with E-state index < -0.39 is 0 Å². The van der Waals surface area contributed by atoms with Gasteiger partial charge >= 0.3 is 0 Å². The van der Waals surface area contributed by atoms with Crippen molar-refractivity contribution in [3.8, 4) is 11.4 Å². The maximum absolute atomic E-state index is 6.00. The van der Waals surface area contributed by atoms with E-state index in [1.807, 2.05) is 24.3 Å². The van der Waals surface area contributed by atoms with E-state index in [0.29, 0.717) is 22.8 Å². The fourth-order valence-electron chi connectivity index (χ4n) is 2.89. The second-order valence-electron chi connectivity index (χ2n) is 5.17. The van der Waals surface area contributed by atoms with Gasteiger partial charge in [-0.05, 0) is 31.5 Å². The van der Waals surface area contributed by atoms with Crippen molar-refractivity contribution in [1.82, 2.24) is 15.5 Å². The summed E-state index contributed by atoms with van der Waals surface area (Å²) in [5, 5.41) is 8.28. The van der Waals surface area contributed by atoms with Crippen molar-refractivity contribution in [2.24, 2.45) is 0 Å². The Morgan fingerprint density at radius 3 is 3.10 bits per heavy atom. The van der Waals surface area contributed by atoms with Gasteiger partial charge in [-0.15, -0.1) is 0 Å². The van der Waals surface area contributed by atoms with Gasteiger partial charge in [0.1, 0.15) is 0 Å². The molecule has 1 aliphatic rings. The molecule has 20 heavy (non-hydrogen) atoms. The summed E-state index contributed by atoms with van der Waals surface area (Å²) in [5.74, 6) is 1.68. The number of aromatic nitrogens is 2. The molecular formula is C15H18ClN3O. The largest absolute Gasteiger partial charge is 0.339 e. The Balaban J connectivity index is 1.83. The summed E-state index contributed by atoms with van der Waals surface area (Å²) in [7, 11) is 0. The lowest BCUT2D eigenvalue weighted by atomic mass is 10.0. The fourth-order valence-corrected chi connectivity index (χ4v) is 3.08. The molecule has 2 atom stereocenters. The molecule has 106 valence electrons. The summed E-state index contributed by atoms with van der Waals surface area (Å²) in [6.07, 6.45) is 3.49. The highest BCUT2D eigenvalue weighted by atomic mass is 35.5. The zero-order valence-electron chi connectivity index (χ0n) is 11.5. The average Bonchev–Trinajstić information content (AvgIpc) is 3.07. The summed E-state index contributed by atoms with van der Waals surface area (Å²) in [6, 6.07) is 7.98. The third-order valence-electron chi connectivity index (χ3n) is 3.82. The highest BCUT2D eigenvalue weighted by Gasteiger charge is 2.32. The van der Waals surface area contributed by atoms with E-state index in [4.69, 9.17) is 16.1 Å². The van der Waals surface area contributed by atoms with Gasteiger partial charge in [0.25, 0.3) is 0 Å². The molecule has 1 heterocycles. The third-order valence-corrected chi connectivity index (χ3v) is 4.06. The van der Waals surface area contributed by atoms with Crippen molar-refractivity contribution in [3.63, 3.8) is 0 Å². The minimum Gasteiger partial charge on any atom is -0.339 e. The number of nitrogens with one attached hydrogen (secondary N) is 1. The number of nitrogens with zero attached hydrogens (tertiary/aromatic N) is 2. The smallest absolute Gasteiger partial charge is 0.231 e. The molecule has 0 aliphatic heterocycles. The maximum atomic E-state index is 6.00. The summed E-state index contributed by atoms with van der Waals surface area (Å²) in [4.78, 5) is 4.56. The van der Waals surface area contributed by atoms with Gasteiger partial charge in [-0.2, -0.15) is 4.98 Å². The SMILES string of the molecule is CCNC1CCCC1c1nc(-c2cccc(Cl)c2)no1. The molecule has 1 aromatic heterocycles. The van der Waals surface area contributed by atoms with Gasteiger partial charge in [0.15, 0.2) is 0 Å². The van der Waals surface area contributed by atoms with Crippen molar-refractivity contribution in [2.45, 2.75) is 38.1 Å². The molecule has 1 N–H and O–H groups in total. The number of likely N-dealkylation sites (N-methyl/N-ethyl adjacent to an activating group) is 1. The van der Waals surface area contributed by atoms with Crippen molar-refractivity contribution in [1.29, 1.82) is 0 Å². The van der Waals surface area contributed by atoms with Gasteiger partial charge in [0.05, 0.1) is 5.92 Å². The van der Waals surface area contributed by atoms with Gasteiger partial charge in [-0.1, -0.05) is 42.2 Å². The molecule has 1 aromatic carbocycles. The Labute approximate surface area is 123 Å². The number of hydrogen-bond acceptors (Lipinski definition) is 4. The van der Waals surface area contributed by atoms with Crippen LogP contribution >= 0.6 is 11.6 Å². The normalized spacial score (nSPS) is 22.3. The second kappa shape index (κ2) is 5.94. The Morgan fingerprint density at radius 1 is 1.40 bits per heavy atom. The minimum atomic E-state index is 0.329. The Bertz CT molecular complexity index is 584. The van der Waals surface area contributed by atoms with Gasteiger partial charge in [-0.25, -0.2) is 0 Å². The summed E-state index contributed by atoms with van der Waals surface area (Å²) in [5.41, 5.74) is 0.894. The van der Waals surface area contributed by atoms with Crippen LogP contribution in [-0.2, 0) is 0 Å². The molecule has 0 spiro atoms. The summed E-state index contributed by atoms with van der Waals surface area (Å²) < 4.78 is 5.48. The van der Waals surface area contributed by atoms with Crippen molar-refractivity contribution in [2.75, 3.05) is 6.54 Å². The zero-order chi connectivity index (χ0) is 13.9. The van der Waals surface area contributed by atoms with Crippen LogP contribution in [-0.4, -0.2) is 22.7 Å². The average molecular weight is 292 g/mol. The number of benzene rings is 1. The highest BCUT2D eigenvalue weighted by Crippen LogP contribution is 2.34. The molecule has 0 amide bonds. The number of halogens is 1. The standard InChI is InChI=1S/C15H18ClN3O/c1-2-17-13-8-4-7-12(13)15-18-14(19-20-15)10-5-3-6-11(16)9-10/h3,5-6,9,12-13,17H,2,4,7-8H2,1H3. The van der Waals surface area contributed by atoms with Crippen LogP contribution in [0.5, 0.6) is 0 Å². The lowest BCUT2D eigenvalue weighted by Gasteiger charge is -2.16. The molecule has 2 unspecified atom stereocenters. The van der Waals surface area contributed by atoms with Gasteiger partial charge in [0.2, 0.25) is 11.7 Å². The van der Waals surface area contributed by atoms with Crippen LogP contribution in [0.2, 0.25) is 5.02 Å². The maximum Gasteiger partial charge on any atom is 0.231 e. The van der Waals surface area contributed by atoms with Crippen LogP contribution in [0, 0.1) is 0 Å². The minimum absolute atomic E-state index is 0.329. The lowest BCUT2D eigenvalue weighted by molar-refractivity contribution is 0.332. The first-order valence-corrected chi connectivity index (χ1v) is 7.48. The molecule has 4 nitrogen and oxygen atoms in total. The predicted octanol–water partition coefficient (Wildman–Crippen LogP) is 3.64. The van der Waals surface area contributed by atoms with Crippen molar-refractivity contribution < 1.29 is 4.52 Å². The summed E-state index contributed by atoms with van der Waals surface area (Å²) in [6.45, 7) is 3.09. The van der Waals surface area contributed by atoms with E-state index in [0.717, 1.165) is 24.4 Å². The second-order valence-corrected chi connectivity index (χ2v) is 5.60. The molecule has 5 heteroatoms. The zero-order valence-corrected chi connectivity index (χ0v) is 12.2. The van der Waals surface area contributed by atoms with Crippen LogP contribution in [0.4, 0.5) is 0 Å². The fraction of sp³-hybridized carbons (Fsp3) is 0.467. The number of rotatable bonds is 4. The van der Waals surface area contributed by atoms with Gasteiger partial charge < -0.3 is 9.84 Å². The van der Waals surface area contributed by atoms with Gasteiger partial charge in [0, 0.05) is 16.6 Å². The molecule has 1 fully saturated rings. The highest BCUT2D eigenvalue weighted by molar-refractivity contribution is 6.30. The van der Waals surface area contributed by atoms with E-state index in [2.05, 4.69) is 22.4 Å². The molecule has 0 saturated heterocycles. The van der Waals surface area contributed by atoms with E-state index in [-0.39, 0.29) is 0 Å². The van der Waals surface area contributed by atoms with Crippen LogP contribution in [0.25, 0.3) is 11.4 Å². The lowest BCUT2D eigenvalue weighted by Crippen LogP contribution is -2.31. The molecule has 1 aliphatic carbocycles. The van der Waals surface area contributed by atoms with Crippen molar-refractivity contribution >= 4 is 11.6 Å². The Hall–Kier alpha value is -1.39. The van der Waals surface area contributed by atoms with Gasteiger partial charge in [-0.3, -0.25) is 0 Å². The first-order chi connectivity index (χ1) is 9.78. The monoisotopic (exact) mass is 291 g/mol. The first-order valence-electron chi connectivity index (χ1n) is 7.11. The third kappa shape index (κ3) is 2.72. The molecular weight excluding hydrogens is 274 g/mol. The van der Waals surface area contributed by atoms with E-state index >= 15 is 0 Å². The van der Waals surface area contributed by atoms with Crippen LogP contribution in [0.3, 0.4) is 0 Å². The molecule has 0 radical (unpaired) electrons. The van der Waals surface area contributed by atoms with Crippen molar-refractivity contribution in [3.05, 3.63) is 35.2 Å². The predicted molar refractivity (Wildman–Crippen MR) is 78.8 cm³/mol. The Morgan fingerprint density at radius 2 is 2.30 bits per heavy atom. The van der Waals surface area contributed by atoms with E-state index in [1.165, 1.54) is 12.8 Å². The molecule has 3 rings (SSSR count). The van der Waals surface area contributed by atoms with E-state index in [9.17, 15) is 0 Å². The van der Waals surface area contributed by atoms with Crippen LogP contribution < -0.4 is 5.32 Å². The molecule has 2 aromatic rings. The Kier molecular flexibility index (Phi) is 4.03. The van der Waals surface area contributed by atoms with E-state index in [1.54, 1.807) is 0 Å². The quantitative estimate of drug-likeness (QED) is 0.934. The van der Waals surface area contributed by atoms with Crippen LogP contribution in [0.15, 0.2) is 28.8 Å². The molecule has 0 bridgehead atoms. The first kappa shape index (κ1) is 13.6.